The summed E-state index contributed by atoms with van der Waals surface area (Å²) in [5, 5.41) is 16.5. The first-order chi connectivity index (χ1) is 10.7. The summed E-state index contributed by atoms with van der Waals surface area (Å²) in [5.74, 6) is 0.238. The van der Waals surface area contributed by atoms with Gasteiger partial charge in [-0.15, -0.1) is 0 Å². The SMILES string of the molecule is Cc1ccc(-n2ncc(C#N)c2NC(=O)OC(C)(C)C)cc1Cl. The number of amides is 1. The van der Waals surface area contributed by atoms with Gasteiger partial charge >= 0.3 is 6.09 Å². The first-order valence-electron chi connectivity index (χ1n) is 6.96. The highest BCUT2D eigenvalue weighted by Gasteiger charge is 2.20. The second-order valence-electron chi connectivity index (χ2n) is 5.99. The maximum absolute atomic E-state index is 12.0. The molecule has 7 heteroatoms. The molecule has 0 atom stereocenters. The number of hydrogen-bond donors (Lipinski definition) is 1. The minimum atomic E-state index is -0.658. The Labute approximate surface area is 139 Å². The number of nitrogens with one attached hydrogen (secondary N) is 1. The van der Waals surface area contributed by atoms with Crippen LogP contribution in [-0.2, 0) is 4.74 Å². The van der Waals surface area contributed by atoms with E-state index < -0.39 is 11.7 Å². The summed E-state index contributed by atoms with van der Waals surface area (Å²) in [4.78, 5) is 12.0. The molecule has 0 radical (unpaired) electrons. The summed E-state index contributed by atoms with van der Waals surface area (Å²) in [6.07, 6.45) is 0.717. The summed E-state index contributed by atoms with van der Waals surface area (Å²) in [6, 6.07) is 7.34. The Morgan fingerprint density at radius 2 is 2.13 bits per heavy atom. The van der Waals surface area contributed by atoms with Crippen LogP contribution in [0.2, 0.25) is 5.02 Å². The number of nitriles is 1. The largest absolute Gasteiger partial charge is 0.444 e. The second-order valence-corrected chi connectivity index (χ2v) is 6.40. The van der Waals surface area contributed by atoms with Gasteiger partial charge in [0.05, 0.1) is 11.9 Å². The van der Waals surface area contributed by atoms with Gasteiger partial charge < -0.3 is 4.74 Å². The van der Waals surface area contributed by atoms with Crippen molar-refractivity contribution in [3.63, 3.8) is 0 Å². The molecule has 6 nitrogen and oxygen atoms in total. The molecule has 0 saturated carbocycles. The maximum Gasteiger partial charge on any atom is 0.413 e. The number of hydrogen-bond acceptors (Lipinski definition) is 4. The Balaban J connectivity index is 2.39. The third-order valence-corrected chi connectivity index (χ3v) is 3.32. The summed E-state index contributed by atoms with van der Waals surface area (Å²) >= 11 is 6.13. The van der Waals surface area contributed by atoms with Gasteiger partial charge in [-0.3, -0.25) is 5.32 Å². The molecular weight excluding hydrogens is 316 g/mol. The molecule has 1 aromatic heterocycles. The Morgan fingerprint density at radius 1 is 1.43 bits per heavy atom. The van der Waals surface area contributed by atoms with Gasteiger partial charge in [0.15, 0.2) is 5.82 Å². The molecule has 23 heavy (non-hydrogen) atoms. The number of aromatic nitrogens is 2. The molecule has 1 amide bonds. The van der Waals surface area contributed by atoms with E-state index >= 15 is 0 Å². The zero-order valence-corrected chi connectivity index (χ0v) is 14.1. The van der Waals surface area contributed by atoms with Crippen molar-refractivity contribution in [3.8, 4) is 11.8 Å². The Morgan fingerprint density at radius 3 is 2.70 bits per heavy atom. The highest BCUT2D eigenvalue weighted by atomic mass is 35.5. The van der Waals surface area contributed by atoms with E-state index in [0.29, 0.717) is 10.7 Å². The lowest BCUT2D eigenvalue weighted by molar-refractivity contribution is 0.0635. The highest BCUT2D eigenvalue weighted by molar-refractivity contribution is 6.31. The fourth-order valence-corrected chi connectivity index (χ4v) is 2.03. The van der Waals surface area contributed by atoms with E-state index in [2.05, 4.69) is 10.4 Å². The molecule has 0 bridgehead atoms. The molecule has 0 aliphatic heterocycles. The van der Waals surface area contributed by atoms with Crippen molar-refractivity contribution in [2.45, 2.75) is 33.3 Å². The van der Waals surface area contributed by atoms with Gasteiger partial charge in [0, 0.05) is 5.02 Å². The molecule has 0 fully saturated rings. The van der Waals surface area contributed by atoms with E-state index in [-0.39, 0.29) is 11.4 Å². The van der Waals surface area contributed by atoms with Crippen LogP contribution in [-0.4, -0.2) is 21.5 Å². The van der Waals surface area contributed by atoms with Crippen molar-refractivity contribution >= 4 is 23.5 Å². The summed E-state index contributed by atoms with van der Waals surface area (Å²) in [6.45, 7) is 7.16. The number of ether oxygens (including phenoxy) is 1. The fourth-order valence-electron chi connectivity index (χ4n) is 1.86. The standard InChI is InChI=1S/C16H17ClN4O2/c1-10-5-6-12(7-13(10)17)21-14(11(8-18)9-19-21)20-15(22)23-16(2,3)4/h5-7,9H,1-4H3,(H,20,22). The third kappa shape index (κ3) is 4.02. The molecule has 1 aromatic carbocycles. The average Bonchev–Trinajstić information content (AvgIpc) is 2.82. The molecule has 1 heterocycles. The van der Waals surface area contributed by atoms with Crippen LogP contribution in [0, 0.1) is 18.3 Å². The number of rotatable bonds is 2. The average molecular weight is 333 g/mol. The van der Waals surface area contributed by atoms with Crippen LogP contribution < -0.4 is 5.32 Å². The highest BCUT2D eigenvalue weighted by Crippen LogP contribution is 2.24. The molecule has 1 N–H and O–H groups in total. The molecule has 120 valence electrons. The van der Waals surface area contributed by atoms with Gasteiger partial charge in [0.25, 0.3) is 0 Å². The van der Waals surface area contributed by atoms with Crippen molar-refractivity contribution < 1.29 is 9.53 Å². The topological polar surface area (TPSA) is 79.9 Å². The number of anilines is 1. The number of carbonyl (C=O) groups excluding carboxylic acids is 1. The normalized spacial score (nSPS) is 11.0. The van der Waals surface area contributed by atoms with Gasteiger partial charge in [-0.25, -0.2) is 9.48 Å². The lowest BCUT2D eigenvalue weighted by Gasteiger charge is -2.20. The molecule has 0 spiro atoms. The molecule has 2 aromatic rings. The van der Waals surface area contributed by atoms with Crippen LogP contribution in [0.1, 0.15) is 31.9 Å². The molecule has 0 aliphatic carbocycles. The van der Waals surface area contributed by atoms with Crippen molar-refractivity contribution in [1.82, 2.24) is 9.78 Å². The van der Waals surface area contributed by atoms with E-state index in [1.807, 2.05) is 19.1 Å². The summed E-state index contributed by atoms with van der Waals surface area (Å²) in [5.41, 5.74) is 1.14. The molecule has 0 saturated heterocycles. The first kappa shape index (κ1) is 16.8. The second kappa shape index (κ2) is 6.31. The van der Waals surface area contributed by atoms with Gasteiger partial charge in [-0.2, -0.15) is 10.4 Å². The van der Waals surface area contributed by atoms with E-state index in [1.165, 1.54) is 10.9 Å². The maximum atomic E-state index is 12.0. The number of aryl methyl sites for hydroxylation is 1. The Hall–Kier alpha value is -2.52. The van der Waals surface area contributed by atoms with E-state index in [9.17, 15) is 10.1 Å². The van der Waals surface area contributed by atoms with E-state index in [4.69, 9.17) is 16.3 Å². The van der Waals surface area contributed by atoms with Gasteiger partial charge in [-0.1, -0.05) is 17.7 Å². The van der Waals surface area contributed by atoms with E-state index in [0.717, 1.165) is 5.56 Å². The zero-order valence-electron chi connectivity index (χ0n) is 13.3. The minimum absolute atomic E-state index is 0.229. The van der Waals surface area contributed by atoms with Crippen molar-refractivity contribution in [2.24, 2.45) is 0 Å². The van der Waals surface area contributed by atoms with Crippen LogP contribution in [0.25, 0.3) is 5.69 Å². The lowest BCUT2D eigenvalue weighted by Crippen LogP contribution is -2.28. The predicted octanol–water partition coefficient (Wildman–Crippen LogP) is 4.05. The van der Waals surface area contributed by atoms with Crippen LogP contribution in [0.3, 0.4) is 0 Å². The van der Waals surface area contributed by atoms with Crippen LogP contribution >= 0.6 is 11.6 Å². The van der Waals surface area contributed by atoms with Gasteiger partial charge in [-0.05, 0) is 45.4 Å². The predicted molar refractivity (Wildman–Crippen MR) is 87.9 cm³/mol. The van der Waals surface area contributed by atoms with Crippen molar-refractivity contribution in [2.75, 3.05) is 5.32 Å². The smallest absolute Gasteiger partial charge is 0.413 e. The van der Waals surface area contributed by atoms with Crippen molar-refractivity contribution in [1.29, 1.82) is 5.26 Å². The minimum Gasteiger partial charge on any atom is -0.444 e. The zero-order chi connectivity index (χ0) is 17.2. The lowest BCUT2D eigenvalue weighted by atomic mass is 10.2. The van der Waals surface area contributed by atoms with Crippen LogP contribution in [0.4, 0.5) is 10.6 Å². The van der Waals surface area contributed by atoms with Crippen molar-refractivity contribution in [3.05, 3.63) is 40.5 Å². The fraction of sp³-hybridized carbons (Fsp3) is 0.312. The Bertz CT molecular complexity index is 784. The summed E-state index contributed by atoms with van der Waals surface area (Å²) < 4.78 is 6.66. The molecule has 0 unspecified atom stereocenters. The van der Waals surface area contributed by atoms with Crippen LogP contribution in [0.15, 0.2) is 24.4 Å². The molecule has 0 aliphatic rings. The van der Waals surface area contributed by atoms with Gasteiger partial charge in [0.2, 0.25) is 0 Å². The van der Waals surface area contributed by atoms with Crippen LogP contribution in [0.5, 0.6) is 0 Å². The number of nitrogens with zero attached hydrogens (tertiary/aromatic N) is 3. The summed E-state index contributed by atoms with van der Waals surface area (Å²) in [7, 11) is 0. The number of halogens is 1. The van der Waals surface area contributed by atoms with E-state index in [1.54, 1.807) is 32.9 Å². The third-order valence-electron chi connectivity index (χ3n) is 2.91. The number of carbonyl (C=O) groups is 1. The van der Waals surface area contributed by atoms with Gasteiger partial charge in [0.1, 0.15) is 17.2 Å². The quantitative estimate of drug-likeness (QED) is 0.899. The molecular formula is C16H17ClN4O2. The monoisotopic (exact) mass is 332 g/mol. The number of benzene rings is 1. The molecule has 2 rings (SSSR count). The first-order valence-corrected chi connectivity index (χ1v) is 7.34. The Kier molecular flexibility index (Phi) is 4.62.